The SMILES string of the molecule is CCN(CC)C(=O)c1ccc(Nc2ccc(Oc3ccccc3)cc2)nc1. The smallest absolute Gasteiger partial charge is 0.255 e. The predicted octanol–water partition coefficient (Wildman–Crippen LogP) is 5.10. The molecule has 0 aliphatic carbocycles. The molecule has 138 valence electrons. The van der Waals surface area contributed by atoms with E-state index in [-0.39, 0.29) is 5.91 Å². The number of anilines is 2. The van der Waals surface area contributed by atoms with Gasteiger partial charge in [0, 0.05) is 25.0 Å². The maximum Gasteiger partial charge on any atom is 0.255 e. The third kappa shape index (κ3) is 4.85. The van der Waals surface area contributed by atoms with Crippen LogP contribution in [-0.4, -0.2) is 28.9 Å². The molecule has 0 fully saturated rings. The summed E-state index contributed by atoms with van der Waals surface area (Å²) in [5.41, 5.74) is 1.49. The molecular weight excluding hydrogens is 338 g/mol. The fraction of sp³-hybridized carbons (Fsp3) is 0.182. The highest BCUT2D eigenvalue weighted by Crippen LogP contribution is 2.24. The molecule has 1 amide bonds. The van der Waals surface area contributed by atoms with Gasteiger partial charge in [0.05, 0.1) is 5.56 Å². The minimum atomic E-state index is 0.00136. The first-order valence-electron chi connectivity index (χ1n) is 9.05. The van der Waals surface area contributed by atoms with Crippen LogP contribution < -0.4 is 10.1 Å². The lowest BCUT2D eigenvalue weighted by atomic mass is 10.2. The topological polar surface area (TPSA) is 54.5 Å². The van der Waals surface area contributed by atoms with Gasteiger partial charge >= 0.3 is 0 Å². The summed E-state index contributed by atoms with van der Waals surface area (Å²) >= 11 is 0. The number of carbonyl (C=O) groups excluding carboxylic acids is 1. The van der Waals surface area contributed by atoms with Crippen LogP contribution in [0.25, 0.3) is 0 Å². The average Bonchev–Trinajstić information content (AvgIpc) is 2.72. The molecule has 1 heterocycles. The van der Waals surface area contributed by atoms with Gasteiger partial charge in [-0.2, -0.15) is 0 Å². The van der Waals surface area contributed by atoms with E-state index in [0.29, 0.717) is 24.5 Å². The summed E-state index contributed by atoms with van der Waals surface area (Å²) in [6.45, 7) is 5.31. The van der Waals surface area contributed by atoms with Gasteiger partial charge in [-0.05, 0) is 62.4 Å². The zero-order valence-corrected chi connectivity index (χ0v) is 15.6. The Morgan fingerprint density at radius 2 is 1.59 bits per heavy atom. The number of rotatable bonds is 7. The zero-order chi connectivity index (χ0) is 19.1. The van der Waals surface area contributed by atoms with Gasteiger partial charge in [-0.1, -0.05) is 18.2 Å². The van der Waals surface area contributed by atoms with Crippen LogP contribution in [0.15, 0.2) is 72.9 Å². The number of aromatic nitrogens is 1. The van der Waals surface area contributed by atoms with Crippen LogP contribution in [-0.2, 0) is 0 Å². The largest absolute Gasteiger partial charge is 0.457 e. The Morgan fingerprint density at radius 1 is 0.926 bits per heavy atom. The molecule has 5 nitrogen and oxygen atoms in total. The second-order valence-electron chi connectivity index (χ2n) is 5.97. The maximum atomic E-state index is 12.3. The van der Waals surface area contributed by atoms with Gasteiger partial charge in [0.2, 0.25) is 0 Å². The number of benzene rings is 2. The Labute approximate surface area is 159 Å². The number of nitrogens with one attached hydrogen (secondary N) is 1. The quantitative estimate of drug-likeness (QED) is 0.636. The highest BCUT2D eigenvalue weighted by Gasteiger charge is 2.12. The van der Waals surface area contributed by atoms with Crippen molar-refractivity contribution in [1.82, 2.24) is 9.88 Å². The second-order valence-corrected chi connectivity index (χ2v) is 5.97. The molecule has 0 aliphatic heterocycles. The van der Waals surface area contributed by atoms with Crippen LogP contribution in [0.3, 0.4) is 0 Å². The van der Waals surface area contributed by atoms with Gasteiger partial charge in [-0.3, -0.25) is 4.79 Å². The summed E-state index contributed by atoms with van der Waals surface area (Å²) in [4.78, 5) is 18.4. The Hall–Kier alpha value is -3.34. The minimum Gasteiger partial charge on any atom is -0.457 e. The monoisotopic (exact) mass is 361 g/mol. The fourth-order valence-electron chi connectivity index (χ4n) is 2.67. The highest BCUT2D eigenvalue weighted by atomic mass is 16.5. The number of hydrogen-bond acceptors (Lipinski definition) is 4. The van der Waals surface area contributed by atoms with Gasteiger partial charge in [0.25, 0.3) is 5.91 Å². The lowest BCUT2D eigenvalue weighted by Crippen LogP contribution is -2.30. The number of pyridine rings is 1. The molecule has 0 bridgehead atoms. The van der Waals surface area contributed by atoms with Crippen molar-refractivity contribution in [3.8, 4) is 11.5 Å². The molecule has 1 N–H and O–H groups in total. The van der Waals surface area contributed by atoms with E-state index in [0.717, 1.165) is 17.2 Å². The first-order chi connectivity index (χ1) is 13.2. The molecule has 3 aromatic rings. The van der Waals surface area contributed by atoms with Gasteiger partial charge in [0.1, 0.15) is 17.3 Å². The number of hydrogen-bond donors (Lipinski definition) is 1. The van der Waals surface area contributed by atoms with Gasteiger partial charge < -0.3 is 15.0 Å². The Bertz CT molecular complexity index is 858. The highest BCUT2D eigenvalue weighted by molar-refractivity contribution is 5.94. The number of amides is 1. The number of ether oxygens (including phenoxy) is 1. The van der Waals surface area contributed by atoms with Crippen molar-refractivity contribution in [3.05, 3.63) is 78.5 Å². The zero-order valence-electron chi connectivity index (χ0n) is 15.6. The fourth-order valence-corrected chi connectivity index (χ4v) is 2.67. The van der Waals surface area contributed by atoms with Crippen LogP contribution in [0.2, 0.25) is 0 Å². The summed E-state index contributed by atoms with van der Waals surface area (Å²) < 4.78 is 5.78. The van der Waals surface area contributed by atoms with E-state index in [1.807, 2.05) is 74.5 Å². The molecule has 0 aliphatic rings. The van der Waals surface area contributed by atoms with Crippen LogP contribution >= 0.6 is 0 Å². The molecule has 0 radical (unpaired) electrons. The van der Waals surface area contributed by atoms with Crippen molar-refractivity contribution in [2.75, 3.05) is 18.4 Å². The molecule has 0 spiro atoms. The molecule has 1 aromatic heterocycles. The van der Waals surface area contributed by atoms with Crippen LogP contribution in [0, 0.1) is 0 Å². The van der Waals surface area contributed by atoms with E-state index in [9.17, 15) is 4.79 Å². The van der Waals surface area contributed by atoms with E-state index >= 15 is 0 Å². The van der Waals surface area contributed by atoms with E-state index in [1.165, 1.54) is 0 Å². The maximum absolute atomic E-state index is 12.3. The molecule has 27 heavy (non-hydrogen) atoms. The summed E-state index contributed by atoms with van der Waals surface area (Å²) in [5.74, 6) is 2.25. The van der Waals surface area contributed by atoms with Gasteiger partial charge in [-0.25, -0.2) is 4.98 Å². The van der Waals surface area contributed by atoms with Crippen molar-refractivity contribution in [1.29, 1.82) is 0 Å². The molecule has 0 saturated heterocycles. The van der Waals surface area contributed by atoms with Crippen molar-refractivity contribution in [3.63, 3.8) is 0 Å². The second kappa shape index (κ2) is 8.85. The summed E-state index contributed by atoms with van der Waals surface area (Å²) in [6, 6.07) is 20.9. The number of nitrogens with zero attached hydrogens (tertiary/aromatic N) is 2. The number of para-hydroxylation sites is 1. The van der Waals surface area contributed by atoms with Crippen LogP contribution in [0.1, 0.15) is 24.2 Å². The van der Waals surface area contributed by atoms with E-state index in [4.69, 9.17) is 4.74 Å². The lowest BCUT2D eigenvalue weighted by molar-refractivity contribution is 0.0772. The lowest BCUT2D eigenvalue weighted by Gasteiger charge is -2.18. The third-order valence-corrected chi connectivity index (χ3v) is 4.17. The predicted molar refractivity (Wildman–Crippen MR) is 108 cm³/mol. The summed E-state index contributed by atoms with van der Waals surface area (Å²) in [5, 5.41) is 3.23. The molecule has 0 atom stereocenters. The Morgan fingerprint density at radius 3 is 2.19 bits per heavy atom. The standard InChI is InChI=1S/C22H23N3O2/c1-3-25(4-2)22(26)17-10-15-21(23-16-17)24-18-11-13-20(14-12-18)27-19-8-6-5-7-9-19/h5-16H,3-4H2,1-2H3,(H,23,24). The minimum absolute atomic E-state index is 0.00136. The molecule has 2 aromatic carbocycles. The van der Waals surface area contributed by atoms with E-state index in [2.05, 4.69) is 10.3 Å². The van der Waals surface area contributed by atoms with Crippen molar-refractivity contribution in [2.24, 2.45) is 0 Å². The first kappa shape index (κ1) is 18.5. The Kier molecular flexibility index (Phi) is 6.05. The summed E-state index contributed by atoms with van der Waals surface area (Å²) in [6.07, 6.45) is 1.61. The van der Waals surface area contributed by atoms with Gasteiger partial charge in [0.15, 0.2) is 0 Å². The third-order valence-electron chi connectivity index (χ3n) is 4.17. The first-order valence-corrected chi connectivity index (χ1v) is 9.05. The molecule has 0 unspecified atom stereocenters. The number of carbonyl (C=O) groups is 1. The van der Waals surface area contributed by atoms with Crippen molar-refractivity contribution in [2.45, 2.75) is 13.8 Å². The van der Waals surface area contributed by atoms with E-state index in [1.54, 1.807) is 17.2 Å². The Balaban J connectivity index is 1.62. The summed E-state index contributed by atoms with van der Waals surface area (Å²) in [7, 11) is 0. The molecular formula is C22H23N3O2. The normalized spacial score (nSPS) is 10.3. The van der Waals surface area contributed by atoms with Crippen molar-refractivity contribution >= 4 is 17.4 Å². The average molecular weight is 361 g/mol. The van der Waals surface area contributed by atoms with Crippen LogP contribution in [0.4, 0.5) is 11.5 Å². The van der Waals surface area contributed by atoms with Gasteiger partial charge in [-0.15, -0.1) is 0 Å². The molecule has 5 heteroatoms. The molecule has 0 saturated carbocycles. The van der Waals surface area contributed by atoms with E-state index < -0.39 is 0 Å². The van der Waals surface area contributed by atoms with Crippen LogP contribution in [0.5, 0.6) is 11.5 Å². The van der Waals surface area contributed by atoms with Crippen molar-refractivity contribution < 1.29 is 9.53 Å². The molecule has 3 rings (SSSR count).